The monoisotopic (exact) mass is 274 g/mol. The molecule has 1 N–H and O–H groups in total. The van der Waals surface area contributed by atoms with Gasteiger partial charge in [0.25, 0.3) is 0 Å². The van der Waals surface area contributed by atoms with Gasteiger partial charge in [-0.1, -0.05) is 12.1 Å². The lowest BCUT2D eigenvalue weighted by atomic mass is 10.1. The minimum Gasteiger partial charge on any atom is -0.438 e. The average molecular weight is 274 g/mol. The second-order valence-electron chi connectivity index (χ2n) is 4.19. The number of pyridine rings is 1. The summed E-state index contributed by atoms with van der Waals surface area (Å²) in [6.45, 7) is 2.11. The van der Waals surface area contributed by atoms with Gasteiger partial charge in [0.15, 0.2) is 0 Å². The van der Waals surface area contributed by atoms with Crippen molar-refractivity contribution in [3.05, 3.63) is 48.2 Å². The van der Waals surface area contributed by atoms with E-state index in [2.05, 4.69) is 17.2 Å². The number of rotatable bonds is 5. The molecular formula is C15H18N2OS. The molecule has 19 heavy (non-hydrogen) atoms. The summed E-state index contributed by atoms with van der Waals surface area (Å²) in [7, 11) is 1.94. The van der Waals surface area contributed by atoms with Gasteiger partial charge >= 0.3 is 0 Å². The van der Waals surface area contributed by atoms with Crippen LogP contribution >= 0.6 is 11.8 Å². The molecule has 0 bridgehead atoms. The van der Waals surface area contributed by atoms with Crippen LogP contribution in [0.3, 0.4) is 0 Å². The van der Waals surface area contributed by atoms with E-state index in [0.717, 1.165) is 16.2 Å². The summed E-state index contributed by atoms with van der Waals surface area (Å²) in [4.78, 5) is 5.38. The van der Waals surface area contributed by atoms with Crippen molar-refractivity contribution in [1.29, 1.82) is 0 Å². The van der Waals surface area contributed by atoms with Crippen LogP contribution in [0.15, 0.2) is 47.5 Å². The van der Waals surface area contributed by atoms with E-state index in [1.54, 1.807) is 18.0 Å². The Kier molecular flexibility index (Phi) is 4.82. The number of ether oxygens (including phenoxy) is 1. The normalized spacial score (nSPS) is 12.2. The van der Waals surface area contributed by atoms with Crippen LogP contribution in [-0.2, 0) is 0 Å². The van der Waals surface area contributed by atoms with Crippen molar-refractivity contribution in [2.75, 3.05) is 13.3 Å². The van der Waals surface area contributed by atoms with Crippen LogP contribution in [0.5, 0.6) is 11.6 Å². The summed E-state index contributed by atoms with van der Waals surface area (Å²) in [5, 5.41) is 3.21. The summed E-state index contributed by atoms with van der Waals surface area (Å²) < 4.78 is 5.88. The molecule has 0 aliphatic heterocycles. The molecule has 0 amide bonds. The number of hydrogen-bond donors (Lipinski definition) is 1. The highest BCUT2D eigenvalue weighted by Crippen LogP contribution is 2.30. The number of thioether (sulfide) groups is 1. The molecule has 3 nitrogen and oxygen atoms in total. The highest BCUT2D eigenvalue weighted by molar-refractivity contribution is 7.98. The Morgan fingerprint density at radius 2 is 2.05 bits per heavy atom. The minimum absolute atomic E-state index is 0.279. The Hall–Kier alpha value is -1.52. The summed E-state index contributed by atoms with van der Waals surface area (Å²) in [5.74, 6) is 1.47. The zero-order valence-electron chi connectivity index (χ0n) is 11.4. The summed E-state index contributed by atoms with van der Waals surface area (Å²) >= 11 is 1.66. The summed E-state index contributed by atoms with van der Waals surface area (Å²) in [6.07, 6.45) is 3.81. The first-order valence-electron chi connectivity index (χ1n) is 6.18. The van der Waals surface area contributed by atoms with Crippen molar-refractivity contribution in [2.24, 2.45) is 0 Å². The zero-order chi connectivity index (χ0) is 13.7. The van der Waals surface area contributed by atoms with Crippen LogP contribution in [-0.4, -0.2) is 18.3 Å². The molecule has 1 aromatic heterocycles. The lowest BCUT2D eigenvalue weighted by molar-refractivity contribution is 0.450. The van der Waals surface area contributed by atoms with Crippen molar-refractivity contribution in [3.8, 4) is 11.6 Å². The van der Waals surface area contributed by atoms with Gasteiger partial charge in [-0.3, -0.25) is 0 Å². The molecule has 0 saturated heterocycles. The number of hydrogen-bond acceptors (Lipinski definition) is 4. The number of nitrogens with zero attached hydrogens (tertiary/aromatic N) is 1. The Labute approximate surface area is 118 Å². The second-order valence-corrected chi connectivity index (χ2v) is 5.04. The Morgan fingerprint density at radius 3 is 2.79 bits per heavy atom. The summed E-state index contributed by atoms with van der Waals surface area (Å²) in [5.41, 5.74) is 1.16. The molecule has 1 aromatic carbocycles. The van der Waals surface area contributed by atoms with Crippen LogP contribution in [0.25, 0.3) is 0 Å². The molecule has 0 aliphatic carbocycles. The van der Waals surface area contributed by atoms with E-state index < -0.39 is 0 Å². The molecule has 0 radical (unpaired) electrons. The van der Waals surface area contributed by atoms with Crippen LogP contribution in [0, 0.1) is 0 Å². The first-order valence-corrected chi connectivity index (χ1v) is 7.41. The largest absolute Gasteiger partial charge is 0.438 e. The lowest BCUT2D eigenvalue weighted by Gasteiger charge is -2.13. The van der Waals surface area contributed by atoms with E-state index >= 15 is 0 Å². The maximum atomic E-state index is 5.88. The van der Waals surface area contributed by atoms with Crippen molar-refractivity contribution in [1.82, 2.24) is 10.3 Å². The molecule has 1 heterocycles. The number of aromatic nitrogens is 1. The van der Waals surface area contributed by atoms with Gasteiger partial charge in [0.2, 0.25) is 5.88 Å². The van der Waals surface area contributed by atoms with Crippen molar-refractivity contribution in [2.45, 2.75) is 17.9 Å². The zero-order valence-corrected chi connectivity index (χ0v) is 12.2. The predicted octanol–water partition coefficient (Wildman–Crippen LogP) is 3.88. The highest BCUT2D eigenvalue weighted by Gasteiger charge is 2.07. The van der Waals surface area contributed by atoms with Gasteiger partial charge in [0, 0.05) is 23.2 Å². The minimum atomic E-state index is 0.279. The summed E-state index contributed by atoms with van der Waals surface area (Å²) in [6, 6.07) is 12.2. The van der Waals surface area contributed by atoms with Crippen LogP contribution in [0.2, 0.25) is 0 Å². The second kappa shape index (κ2) is 6.59. The van der Waals surface area contributed by atoms with E-state index in [0.29, 0.717) is 5.88 Å². The van der Waals surface area contributed by atoms with Crippen LogP contribution < -0.4 is 10.1 Å². The maximum absolute atomic E-state index is 5.88. The van der Waals surface area contributed by atoms with E-state index in [-0.39, 0.29) is 6.04 Å². The third-order valence-electron chi connectivity index (χ3n) is 2.98. The molecule has 0 saturated carbocycles. The van der Waals surface area contributed by atoms with E-state index in [1.165, 1.54) is 0 Å². The van der Waals surface area contributed by atoms with E-state index in [9.17, 15) is 0 Å². The fourth-order valence-corrected chi connectivity index (χ4v) is 2.26. The Bertz CT molecular complexity index is 545. The third kappa shape index (κ3) is 3.49. The molecular weight excluding hydrogens is 256 g/mol. The van der Waals surface area contributed by atoms with Gasteiger partial charge in [-0.15, -0.1) is 11.8 Å². The predicted molar refractivity (Wildman–Crippen MR) is 80.0 cm³/mol. The van der Waals surface area contributed by atoms with Gasteiger partial charge in [0.05, 0.1) is 0 Å². The average Bonchev–Trinajstić information content (AvgIpc) is 2.47. The van der Waals surface area contributed by atoms with E-state index in [1.807, 2.05) is 49.7 Å². The molecule has 1 atom stereocenters. The molecule has 2 rings (SSSR count). The van der Waals surface area contributed by atoms with Crippen LogP contribution in [0.1, 0.15) is 18.5 Å². The molecule has 4 heteroatoms. The third-order valence-corrected chi connectivity index (χ3v) is 3.75. The first-order chi connectivity index (χ1) is 9.24. The van der Waals surface area contributed by atoms with Crippen molar-refractivity contribution < 1.29 is 4.74 Å². The van der Waals surface area contributed by atoms with Crippen LogP contribution in [0.4, 0.5) is 0 Å². The molecule has 0 fully saturated rings. The standard InChI is InChI=1S/C15H18N2OS/c1-11(16-2)12-8-9-17-15(10-12)18-13-6-4-5-7-14(13)19-3/h4-11,16H,1-3H3. The number of nitrogens with one attached hydrogen (secondary N) is 1. The van der Waals surface area contributed by atoms with Gasteiger partial charge < -0.3 is 10.1 Å². The molecule has 100 valence electrons. The topological polar surface area (TPSA) is 34.2 Å². The highest BCUT2D eigenvalue weighted by atomic mass is 32.2. The number of para-hydroxylation sites is 1. The fraction of sp³-hybridized carbons (Fsp3) is 0.267. The Morgan fingerprint density at radius 1 is 1.26 bits per heavy atom. The van der Waals surface area contributed by atoms with E-state index in [4.69, 9.17) is 4.74 Å². The lowest BCUT2D eigenvalue weighted by Crippen LogP contribution is -2.12. The molecule has 1 unspecified atom stereocenters. The van der Waals surface area contributed by atoms with Crippen molar-refractivity contribution in [3.63, 3.8) is 0 Å². The van der Waals surface area contributed by atoms with Gasteiger partial charge in [-0.25, -0.2) is 4.98 Å². The first kappa shape index (κ1) is 13.9. The fourth-order valence-electron chi connectivity index (χ4n) is 1.73. The Balaban J connectivity index is 2.23. The smallest absolute Gasteiger partial charge is 0.219 e. The molecule has 0 spiro atoms. The quantitative estimate of drug-likeness (QED) is 0.839. The van der Waals surface area contributed by atoms with Gasteiger partial charge in [0.1, 0.15) is 5.75 Å². The maximum Gasteiger partial charge on any atom is 0.219 e. The molecule has 0 aliphatic rings. The van der Waals surface area contributed by atoms with Gasteiger partial charge in [-0.05, 0) is 44.0 Å². The SMILES string of the molecule is CNC(C)c1ccnc(Oc2ccccc2SC)c1. The van der Waals surface area contributed by atoms with Crippen molar-refractivity contribution >= 4 is 11.8 Å². The number of benzene rings is 1. The molecule has 2 aromatic rings. The van der Waals surface area contributed by atoms with Gasteiger partial charge in [-0.2, -0.15) is 0 Å².